The highest BCUT2D eigenvalue weighted by Gasteiger charge is 2.36. The van der Waals surface area contributed by atoms with Crippen molar-refractivity contribution < 1.29 is 23.4 Å². The third kappa shape index (κ3) is 3.89. The molecule has 1 atom stereocenters. The van der Waals surface area contributed by atoms with Gasteiger partial charge in [-0.15, -0.1) is 0 Å². The Morgan fingerprint density at radius 2 is 1.87 bits per heavy atom. The molecule has 30 heavy (non-hydrogen) atoms. The predicted octanol–water partition coefficient (Wildman–Crippen LogP) is 5.72. The molecule has 7 heteroatoms. The number of ether oxygens (including phenoxy) is 1. The van der Waals surface area contributed by atoms with Crippen molar-refractivity contribution in [2.75, 3.05) is 6.54 Å². The van der Waals surface area contributed by atoms with Crippen LogP contribution in [0.4, 0.5) is 13.6 Å². The van der Waals surface area contributed by atoms with Crippen LogP contribution in [0, 0.1) is 11.6 Å². The van der Waals surface area contributed by atoms with Crippen molar-refractivity contribution in [1.29, 1.82) is 0 Å². The number of carbonyl (C=O) groups excluding carboxylic acids is 1. The molecule has 1 aliphatic rings. The standard InChI is InChI=1S/C23H18BrF2NO3/c24-21-16-10-11-27(23(29)30-13-14-4-2-1-3-5-14)22(17(16)7-8-19(21)26)18-12-15(25)6-9-20(18)28/h1-9,12,22,28H,10-11,13H2. The Morgan fingerprint density at radius 3 is 2.63 bits per heavy atom. The third-order valence-electron chi connectivity index (χ3n) is 5.17. The number of amides is 1. The van der Waals surface area contributed by atoms with Gasteiger partial charge in [0.25, 0.3) is 0 Å². The van der Waals surface area contributed by atoms with Crippen molar-refractivity contribution in [2.45, 2.75) is 19.1 Å². The molecule has 0 aromatic heterocycles. The van der Waals surface area contributed by atoms with E-state index in [1.54, 1.807) is 6.07 Å². The van der Waals surface area contributed by atoms with E-state index in [4.69, 9.17) is 4.74 Å². The van der Waals surface area contributed by atoms with Gasteiger partial charge in [-0.25, -0.2) is 13.6 Å². The summed E-state index contributed by atoms with van der Waals surface area (Å²) in [5, 5.41) is 10.4. The van der Waals surface area contributed by atoms with Crippen LogP contribution in [0.15, 0.2) is 65.1 Å². The van der Waals surface area contributed by atoms with Crippen molar-refractivity contribution >= 4 is 22.0 Å². The van der Waals surface area contributed by atoms with E-state index in [-0.39, 0.29) is 24.5 Å². The lowest BCUT2D eigenvalue weighted by atomic mass is 9.88. The molecule has 3 aromatic rings. The van der Waals surface area contributed by atoms with E-state index >= 15 is 0 Å². The van der Waals surface area contributed by atoms with E-state index in [0.29, 0.717) is 22.0 Å². The molecule has 1 heterocycles. The minimum atomic E-state index is -0.815. The fourth-order valence-electron chi connectivity index (χ4n) is 3.73. The molecule has 154 valence electrons. The number of hydrogen-bond donors (Lipinski definition) is 1. The summed E-state index contributed by atoms with van der Waals surface area (Å²) in [6, 6.07) is 14.8. The summed E-state index contributed by atoms with van der Waals surface area (Å²) in [6.45, 7) is 0.307. The highest BCUT2D eigenvalue weighted by molar-refractivity contribution is 9.10. The SMILES string of the molecule is O=C(OCc1ccccc1)N1CCc2c(ccc(F)c2Br)C1c1cc(F)ccc1O. The van der Waals surface area contributed by atoms with E-state index in [1.807, 2.05) is 30.3 Å². The molecule has 1 N–H and O–H groups in total. The fourth-order valence-corrected chi connectivity index (χ4v) is 4.29. The van der Waals surface area contributed by atoms with Crippen LogP contribution in [0.2, 0.25) is 0 Å². The Labute approximate surface area is 180 Å². The fraction of sp³-hybridized carbons (Fsp3) is 0.174. The zero-order valence-corrected chi connectivity index (χ0v) is 17.4. The lowest BCUT2D eigenvalue weighted by Crippen LogP contribution is -2.41. The highest BCUT2D eigenvalue weighted by Crippen LogP contribution is 2.42. The first kappa shape index (κ1) is 20.3. The minimum Gasteiger partial charge on any atom is -0.508 e. The van der Waals surface area contributed by atoms with E-state index in [9.17, 15) is 18.7 Å². The van der Waals surface area contributed by atoms with Gasteiger partial charge in [-0.2, -0.15) is 0 Å². The summed E-state index contributed by atoms with van der Waals surface area (Å²) in [5.41, 5.74) is 2.33. The molecule has 4 rings (SSSR count). The molecule has 1 aliphatic heterocycles. The molecule has 0 saturated heterocycles. The summed E-state index contributed by atoms with van der Waals surface area (Å²) in [5.74, 6) is -1.12. The summed E-state index contributed by atoms with van der Waals surface area (Å²) >= 11 is 3.27. The topological polar surface area (TPSA) is 49.8 Å². The van der Waals surface area contributed by atoms with Crippen molar-refractivity contribution in [3.05, 3.63) is 99.0 Å². The van der Waals surface area contributed by atoms with Gasteiger partial charge in [0.15, 0.2) is 0 Å². The van der Waals surface area contributed by atoms with Gasteiger partial charge >= 0.3 is 6.09 Å². The lowest BCUT2D eigenvalue weighted by molar-refractivity contribution is 0.0832. The quantitative estimate of drug-likeness (QED) is 0.529. The van der Waals surface area contributed by atoms with E-state index in [1.165, 1.54) is 23.1 Å². The molecular weight excluding hydrogens is 456 g/mol. The number of fused-ring (bicyclic) bond motifs is 1. The van der Waals surface area contributed by atoms with Crippen molar-refractivity contribution in [1.82, 2.24) is 4.90 Å². The van der Waals surface area contributed by atoms with Gasteiger partial charge in [0.05, 0.1) is 10.5 Å². The Bertz CT molecular complexity index is 1090. The van der Waals surface area contributed by atoms with Gasteiger partial charge in [0.2, 0.25) is 0 Å². The second kappa shape index (κ2) is 8.44. The molecule has 3 aromatic carbocycles. The molecule has 0 saturated carbocycles. The normalized spacial score (nSPS) is 15.6. The smallest absolute Gasteiger partial charge is 0.410 e. The maximum atomic E-state index is 14.1. The maximum Gasteiger partial charge on any atom is 0.410 e. The second-order valence-corrected chi connectivity index (χ2v) is 7.81. The second-order valence-electron chi connectivity index (χ2n) is 7.02. The number of hydrogen-bond acceptors (Lipinski definition) is 3. The maximum absolute atomic E-state index is 14.1. The van der Waals surface area contributed by atoms with E-state index < -0.39 is 23.8 Å². The largest absolute Gasteiger partial charge is 0.508 e. The van der Waals surface area contributed by atoms with Crippen LogP contribution in [0.25, 0.3) is 0 Å². The monoisotopic (exact) mass is 473 g/mol. The predicted molar refractivity (Wildman–Crippen MR) is 111 cm³/mol. The van der Waals surface area contributed by atoms with Crippen molar-refractivity contribution in [3.63, 3.8) is 0 Å². The molecule has 0 aliphatic carbocycles. The van der Waals surface area contributed by atoms with Crippen LogP contribution in [0.3, 0.4) is 0 Å². The van der Waals surface area contributed by atoms with Crippen LogP contribution < -0.4 is 0 Å². The zero-order valence-electron chi connectivity index (χ0n) is 15.8. The average Bonchev–Trinajstić information content (AvgIpc) is 2.76. The minimum absolute atomic E-state index is 0.0813. The van der Waals surface area contributed by atoms with Crippen molar-refractivity contribution in [3.8, 4) is 5.75 Å². The van der Waals surface area contributed by atoms with E-state index in [0.717, 1.165) is 11.6 Å². The van der Waals surface area contributed by atoms with Gasteiger partial charge in [-0.05, 0) is 63.3 Å². The van der Waals surface area contributed by atoms with Crippen LogP contribution in [-0.2, 0) is 17.8 Å². The van der Waals surface area contributed by atoms with Gasteiger partial charge in [0, 0.05) is 12.1 Å². The lowest BCUT2D eigenvalue weighted by Gasteiger charge is -2.37. The molecule has 0 spiro atoms. The molecule has 0 radical (unpaired) electrons. The van der Waals surface area contributed by atoms with E-state index in [2.05, 4.69) is 15.9 Å². The number of phenolic OH excluding ortho intramolecular Hbond substituents is 1. The number of benzene rings is 3. The average molecular weight is 474 g/mol. The Kier molecular flexibility index (Phi) is 5.72. The number of phenols is 1. The molecule has 4 nitrogen and oxygen atoms in total. The van der Waals surface area contributed by atoms with Crippen LogP contribution >= 0.6 is 15.9 Å². The van der Waals surface area contributed by atoms with Gasteiger partial charge in [-0.1, -0.05) is 36.4 Å². The summed E-state index contributed by atoms with van der Waals surface area (Å²) < 4.78 is 33.9. The third-order valence-corrected chi connectivity index (χ3v) is 6.02. The Morgan fingerprint density at radius 1 is 1.10 bits per heavy atom. The van der Waals surface area contributed by atoms with Gasteiger partial charge < -0.3 is 9.84 Å². The number of aromatic hydroxyl groups is 1. The van der Waals surface area contributed by atoms with Crippen LogP contribution in [0.1, 0.15) is 28.3 Å². The summed E-state index contributed by atoms with van der Waals surface area (Å²) in [4.78, 5) is 14.4. The first-order chi connectivity index (χ1) is 14.5. The summed E-state index contributed by atoms with van der Waals surface area (Å²) in [7, 11) is 0. The van der Waals surface area contributed by atoms with Crippen LogP contribution in [-0.4, -0.2) is 22.6 Å². The summed E-state index contributed by atoms with van der Waals surface area (Å²) in [6.07, 6.45) is -0.209. The number of halogens is 3. The Hall–Kier alpha value is -2.93. The molecule has 1 amide bonds. The van der Waals surface area contributed by atoms with Gasteiger partial charge in [-0.3, -0.25) is 4.90 Å². The molecule has 0 fully saturated rings. The molecule has 0 bridgehead atoms. The zero-order chi connectivity index (χ0) is 21.3. The number of nitrogens with zero attached hydrogens (tertiary/aromatic N) is 1. The highest BCUT2D eigenvalue weighted by atomic mass is 79.9. The van der Waals surface area contributed by atoms with Crippen molar-refractivity contribution in [2.24, 2.45) is 0 Å². The molecular formula is C23H18BrF2NO3. The molecule has 1 unspecified atom stereocenters. The van der Waals surface area contributed by atoms with Gasteiger partial charge in [0.1, 0.15) is 24.0 Å². The number of rotatable bonds is 3. The van der Waals surface area contributed by atoms with Crippen LogP contribution in [0.5, 0.6) is 5.75 Å². The number of carbonyl (C=O) groups is 1. The Balaban J connectivity index is 1.72. The first-order valence-corrected chi connectivity index (χ1v) is 10.2. The first-order valence-electron chi connectivity index (χ1n) is 9.38.